The Morgan fingerprint density at radius 3 is 2.34 bits per heavy atom. The third-order valence-corrected chi connectivity index (χ3v) is 3.88. The second-order valence-electron chi connectivity index (χ2n) is 6.06. The lowest BCUT2D eigenvalue weighted by atomic mass is 10.2. The predicted molar refractivity (Wildman–Crippen MR) is 114 cm³/mol. The first-order valence-corrected chi connectivity index (χ1v) is 9.70. The maximum absolute atomic E-state index is 11.9. The van der Waals surface area contributed by atoms with Gasteiger partial charge in [0.25, 0.3) is 0 Å². The van der Waals surface area contributed by atoms with Crippen molar-refractivity contribution < 1.29 is 19.1 Å². The molecule has 7 nitrogen and oxygen atoms in total. The van der Waals surface area contributed by atoms with Gasteiger partial charge in [0, 0.05) is 5.69 Å². The molecule has 2 aromatic carbocycles. The Kier molecular flexibility index (Phi) is 8.98. The molecular formula is C21H24ClN3O4. The summed E-state index contributed by atoms with van der Waals surface area (Å²) in [7, 11) is 0. The summed E-state index contributed by atoms with van der Waals surface area (Å²) in [4.78, 5) is 23.8. The molecule has 0 atom stereocenters. The molecular weight excluding hydrogens is 394 g/mol. The Morgan fingerprint density at radius 1 is 1.00 bits per heavy atom. The zero-order valence-electron chi connectivity index (χ0n) is 16.4. The van der Waals surface area contributed by atoms with Crippen LogP contribution in [0.15, 0.2) is 47.6 Å². The Hall–Kier alpha value is -3.06. The quantitative estimate of drug-likeness (QED) is 0.366. The van der Waals surface area contributed by atoms with Gasteiger partial charge in [0.1, 0.15) is 11.5 Å². The van der Waals surface area contributed by atoms with Crippen LogP contribution in [0.2, 0.25) is 5.02 Å². The van der Waals surface area contributed by atoms with E-state index in [-0.39, 0.29) is 0 Å². The molecule has 0 saturated heterocycles. The minimum absolute atomic E-state index is 0.442. The predicted octanol–water partition coefficient (Wildman–Crippen LogP) is 4.01. The average molecular weight is 418 g/mol. The van der Waals surface area contributed by atoms with Gasteiger partial charge in [0.15, 0.2) is 0 Å². The highest BCUT2D eigenvalue weighted by Crippen LogP contribution is 2.25. The number of hydrazone groups is 1. The molecule has 2 rings (SSSR count). The van der Waals surface area contributed by atoms with Crippen LogP contribution in [0.5, 0.6) is 11.5 Å². The van der Waals surface area contributed by atoms with E-state index in [0.29, 0.717) is 41.0 Å². The molecule has 0 radical (unpaired) electrons. The first-order chi connectivity index (χ1) is 14.0. The molecule has 0 fully saturated rings. The Morgan fingerprint density at radius 2 is 1.69 bits per heavy atom. The summed E-state index contributed by atoms with van der Waals surface area (Å²) in [5.41, 5.74) is 3.31. The molecule has 2 aromatic rings. The maximum Gasteiger partial charge on any atom is 0.329 e. The van der Waals surface area contributed by atoms with E-state index in [1.54, 1.807) is 42.5 Å². The summed E-state index contributed by atoms with van der Waals surface area (Å²) >= 11 is 6.14. The molecule has 0 aliphatic rings. The maximum atomic E-state index is 11.9. The fraction of sp³-hybridized carbons (Fsp3) is 0.286. The van der Waals surface area contributed by atoms with Crippen molar-refractivity contribution >= 4 is 35.3 Å². The molecule has 154 valence electrons. The lowest BCUT2D eigenvalue weighted by Gasteiger charge is -2.07. The molecule has 8 heteroatoms. The highest BCUT2D eigenvalue weighted by molar-refractivity contribution is 6.39. The largest absolute Gasteiger partial charge is 0.494 e. The van der Waals surface area contributed by atoms with Crippen LogP contribution in [-0.4, -0.2) is 31.2 Å². The fourth-order valence-corrected chi connectivity index (χ4v) is 2.43. The topological polar surface area (TPSA) is 89.0 Å². The smallest absolute Gasteiger partial charge is 0.329 e. The van der Waals surface area contributed by atoms with Crippen LogP contribution in [0.1, 0.15) is 32.3 Å². The summed E-state index contributed by atoms with van der Waals surface area (Å²) in [6, 6.07) is 11.9. The minimum Gasteiger partial charge on any atom is -0.494 e. The Labute approximate surface area is 175 Å². The number of nitrogens with zero attached hydrogens (tertiary/aromatic N) is 1. The van der Waals surface area contributed by atoms with Gasteiger partial charge in [-0.3, -0.25) is 9.59 Å². The third-order valence-electron chi connectivity index (χ3n) is 3.59. The number of ether oxygens (including phenoxy) is 2. The number of halogens is 1. The van der Waals surface area contributed by atoms with Crippen molar-refractivity contribution in [2.45, 2.75) is 26.7 Å². The van der Waals surface area contributed by atoms with Crippen LogP contribution in [-0.2, 0) is 9.59 Å². The molecule has 0 aliphatic carbocycles. The monoisotopic (exact) mass is 417 g/mol. The van der Waals surface area contributed by atoms with E-state index in [1.807, 2.05) is 13.8 Å². The van der Waals surface area contributed by atoms with Gasteiger partial charge < -0.3 is 14.8 Å². The zero-order valence-corrected chi connectivity index (χ0v) is 17.2. The number of nitrogens with one attached hydrogen (secondary N) is 2. The van der Waals surface area contributed by atoms with Gasteiger partial charge in [-0.15, -0.1) is 0 Å². The van der Waals surface area contributed by atoms with Crippen molar-refractivity contribution in [3.8, 4) is 11.5 Å². The van der Waals surface area contributed by atoms with Crippen molar-refractivity contribution in [2.24, 2.45) is 5.10 Å². The number of carbonyl (C=O) groups excluding carboxylic acids is 2. The number of hydrogen-bond acceptors (Lipinski definition) is 5. The van der Waals surface area contributed by atoms with E-state index in [1.165, 1.54) is 6.21 Å². The van der Waals surface area contributed by atoms with E-state index in [2.05, 4.69) is 15.8 Å². The number of amides is 2. The number of anilines is 1. The second-order valence-corrected chi connectivity index (χ2v) is 6.47. The highest BCUT2D eigenvalue weighted by atomic mass is 35.5. The number of benzene rings is 2. The van der Waals surface area contributed by atoms with E-state index in [0.717, 1.165) is 12.8 Å². The molecule has 0 aromatic heterocycles. The van der Waals surface area contributed by atoms with Gasteiger partial charge in [0.2, 0.25) is 0 Å². The lowest BCUT2D eigenvalue weighted by molar-refractivity contribution is -0.136. The Balaban J connectivity index is 1.85. The van der Waals surface area contributed by atoms with Crippen LogP contribution in [0.4, 0.5) is 5.69 Å². The Bertz CT molecular complexity index is 854. The van der Waals surface area contributed by atoms with Crippen molar-refractivity contribution in [1.82, 2.24) is 5.43 Å². The van der Waals surface area contributed by atoms with Gasteiger partial charge in [-0.05, 0) is 60.9 Å². The van der Waals surface area contributed by atoms with Gasteiger partial charge in [0.05, 0.1) is 24.5 Å². The van der Waals surface area contributed by atoms with Crippen LogP contribution >= 0.6 is 11.6 Å². The van der Waals surface area contributed by atoms with Gasteiger partial charge >= 0.3 is 11.8 Å². The molecule has 0 heterocycles. The van der Waals surface area contributed by atoms with Crippen LogP contribution < -0.4 is 20.2 Å². The second kappa shape index (κ2) is 11.7. The van der Waals surface area contributed by atoms with Crippen LogP contribution in [0.25, 0.3) is 0 Å². The summed E-state index contributed by atoms with van der Waals surface area (Å²) in [5, 5.41) is 6.71. The minimum atomic E-state index is -0.887. The summed E-state index contributed by atoms with van der Waals surface area (Å²) in [5.74, 6) is -0.434. The van der Waals surface area contributed by atoms with E-state index in [9.17, 15) is 9.59 Å². The molecule has 0 spiro atoms. The van der Waals surface area contributed by atoms with Crippen molar-refractivity contribution in [1.29, 1.82) is 0 Å². The van der Waals surface area contributed by atoms with Gasteiger partial charge in [-0.2, -0.15) is 5.10 Å². The molecule has 2 amide bonds. The summed E-state index contributed by atoms with van der Waals surface area (Å²) in [6.45, 7) is 5.21. The number of rotatable bonds is 9. The van der Waals surface area contributed by atoms with E-state index >= 15 is 0 Å². The third kappa shape index (κ3) is 7.46. The van der Waals surface area contributed by atoms with Crippen molar-refractivity contribution in [3.63, 3.8) is 0 Å². The molecule has 0 bridgehead atoms. The molecule has 2 N–H and O–H groups in total. The van der Waals surface area contributed by atoms with Gasteiger partial charge in [-0.1, -0.05) is 25.4 Å². The number of hydrogen-bond donors (Lipinski definition) is 2. The fourth-order valence-electron chi connectivity index (χ4n) is 2.18. The standard InChI is InChI=1S/C21H24ClN3O4/c1-3-11-28-17-8-6-16(7-9-17)24-20(26)21(27)25-23-14-15-5-10-19(18(22)13-15)29-12-4-2/h5-10,13-14H,3-4,11-12H2,1-2H3,(H,24,26)(H,25,27)/b23-14-. The zero-order chi connectivity index (χ0) is 21.1. The first kappa shape index (κ1) is 22.2. The average Bonchev–Trinajstić information content (AvgIpc) is 2.72. The van der Waals surface area contributed by atoms with E-state index in [4.69, 9.17) is 21.1 Å². The normalized spacial score (nSPS) is 10.6. The van der Waals surface area contributed by atoms with Gasteiger partial charge in [-0.25, -0.2) is 5.43 Å². The van der Waals surface area contributed by atoms with Crippen LogP contribution in [0, 0.1) is 0 Å². The van der Waals surface area contributed by atoms with Crippen molar-refractivity contribution in [2.75, 3.05) is 18.5 Å². The summed E-state index contributed by atoms with van der Waals surface area (Å²) < 4.78 is 11.0. The van der Waals surface area contributed by atoms with Crippen LogP contribution in [0.3, 0.4) is 0 Å². The molecule has 29 heavy (non-hydrogen) atoms. The van der Waals surface area contributed by atoms with Crippen molar-refractivity contribution in [3.05, 3.63) is 53.1 Å². The highest BCUT2D eigenvalue weighted by Gasteiger charge is 2.13. The number of carbonyl (C=O) groups is 2. The SMILES string of the molecule is CCCOc1ccc(NC(=O)C(=O)N/N=C\c2ccc(OCCC)c(Cl)c2)cc1. The summed E-state index contributed by atoms with van der Waals surface area (Å²) in [6.07, 6.45) is 3.17. The molecule has 0 unspecified atom stereocenters. The first-order valence-electron chi connectivity index (χ1n) is 9.33. The molecule has 0 aliphatic heterocycles. The molecule has 0 saturated carbocycles. The van der Waals surface area contributed by atoms with E-state index < -0.39 is 11.8 Å². The lowest BCUT2D eigenvalue weighted by Crippen LogP contribution is -2.32.